The van der Waals surface area contributed by atoms with Crippen LogP contribution in [0.3, 0.4) is 0 Å². The second-order valence-electron chi connectivity index (χ2n) is 7.47. The van der Waals surface area contributed by atoms with Gasteiger partial charge in [0.05, 0.1) is 12.1 Å². The standard InChI is InChI=1S/C23H26N6O2/c1-4-18-14-24-23(30)29(18)22-27-16(3)26-21(28-22)25-15(2)17-10-12-20(13-11-17)31-19-8-6-5-7-9-19/h5-13,15,18H,4,14H2,1-3H3,(H,24,30)(H,25,26,27,28)/t15-,18-/m0/s1. The van der Waals surface area contributed by atoms with Gasteiger partial charge in [0.2, 0.25) is 11.9 Å². The maximum Gasteiger partial charge on any atom is 0.324 e. The number of nitrogens with one attached hydrogen (secondary N) is 2. The number of ether oxygens (including phenoxy) is 1. The predicted octanol–water partition coefficient (Wildman–Crippen LogP) is 4.45. The molecule has 0 radical (unpaired) electrons. The van der Waals surface area contributed by atoms with Crippen LogP contribution in [0.15, 0.2) is 54.6 Å². The summed E-state index contributed by atoms with van der Waals surface area (Å²) < 4.78 is 5.85. The third-order valence-electron chi connectivity index (χ3n) is 5.20. The van der Waals surface area contributed by atoms with Gasteiger partial charge in [-0.1, -0.05) is 37.3 Å². The first kappa shape index (κ1) is 20.6. The van der Waals surface area contributed by atoms with Crippen molar-refractivity contribution < 1.29 is 9.53 Å². The van der Waals surface area contributed by atoms with Crippen LogP contribution in [0.1, 0.15) is 37.7 Å². The summed E-state index contributed by atoms with van der Waals surface area (Å²) in [7, 11) is 0. The van der Waals surface area contributed by atoms with Crippen LogP contribution < -0.4 is 20.3 Å². The van der Waals surface area contributed by atoms with Crippen LogP contribution in [0.5, 0.6) is 11.5 Å². The van der Waals surface area contributed by atoms with E-state index in [9.17, 15) is 4.79 Å². The number of anilines is 2. The number of hydrogen-bond donors (Lipinski definition) is 2. The molecule has 0 saturated carbocycles. The second kappa shape index (κ2) is 8.99. The van der Waals surface area contributed by atoms with E-state index in [4.69, 9.17) is 4.74 Å². The molecule has 31 heavy (non-hydrogen) atoms. The minimum atomic E-state index is -0.176. The zero-order valence-electron chi connectivity index (χ0n) is 17.9. The molecule has 3 aromatic rings. The lowest BCUT2D eigenvalue weighted by atomic mass is 10.1. The summed E-state index contributed by atoms with van der Waals surface area (Å²) in [6.07, 6.45) is 0.819. The molecule has 8 heteroatoms. The minimum absolute atomic E-state index is 0.0386. The zero-order chi connectivity index (χ0) is 21.8. The number of urea groups is 1. The second-order valence-corrected chi connectivity index (χ2v) is 7.47. The lowest BCUT2D eigenvalue weighted by Crippen LogP contribution is -2.35. The smallest absolute Gasteiger partial charge is 0.324 e. The van der Waals surface area contributed by atoms with E-state index >= 15 is 0 Å². The van der Waals surface area contributed by atoms with E-state index in [0.717, 1.165) is 23.5 Å². The molecular weight excluding hydrogens is 392 g/mol. The number of amides is 2. The van der Waals surface area contributed by atoms with Gasteiger partial charge in [0.25, 0.3) is 0 Å². The Balaban J connectivity index is 1.47. The Kier molecular flexibility index (Phi) is 5.97. The van der Waals surface area contributed by atoms with Gasteiger partial charge in [0.1, 0.15) is 17.3 Å². The van der Waals surface area contributed by atoms with Crippen molar-refractivity contribution in [1.82, 2.24) is 20.3 Å². The number of aryl methyl sites for hydroxylation is 1. The highest BCUT2D eigenvalue weighted by Crippen LogP contribution is 2.25. The molecule has 8 nitrogen and oxygen atoms in total. The van der Waals surface area contributed by atoms with Crippen LogP contribution in [0.2, 0.25) is 0 Å². The molecule has 1 aliphatic heterocycles. The van der Waals surface area contributed by atoms with Crippen molar-refractivity contribution in [1.29, 1.82) is 0 Å². The molecule has 2 amide bonds. The Morgan fingerprint density at radius 1 is 1.10 bits per heavy atom. The van der Waals surface area contributed by atoms with Crippen molar-refractivity contribution in [3.63, 3.8) is 0 Å². The quantitative estimate of drug-likeness (QED) is 0.589. The van der Waals surface area contributed by atoms with Crippen molar-refractivity contribution in [3.8, 4) is 11.5 Å². The number of carbonyl (C=O) groups excluding carboxylic acids is 1. The summed E-state index contributed by atoms with van der Waals surface area (Å²) in [5, 5.41) is 6.17. The normalized spacial score (nSPS) is 16.7. The molecule has 0 bridgehead atoms. The average molecular weight is 419 g/mol. The van der Waals surface area contributed by atoms with Gasteiger partial charge in [-0.25, -0.2) is 4.79 Å². The fraction of sp³-hybridized carbons (Fsp3) is 0.304. The third-order valence-corrected chi connectivity index (χ3v) is 5.20. The number of carbonyl (C=O) groups is 1. The SMILES string of the molecule is CC[C@H]1CNC(=O)N1c1nc(C)nc(N[C@@H](C)c2ccc(Oc3ccccc3)cc2)n1. The molecule has 160 valence electrons. The molecule has 2 atom stereocenters. The first-order valence-electron chi connectivity index (χ1n) is 10.4. The van der Waals surface area contributed by atoms with Crippen molar-refractivity contribution >= 4 is 17.9 Å². The third kappa shape index (κ3) is 4.74. The van der Waals surface area contributed by atoms with E-state index in [-0.39, 0.29) is 18.1 Å². The maximum atomic E-state index is 12.3. The van der Waals surface area contributed by atoms with Crippen LogP contribution in [-0.2, 0) is 0 Å². The molecule has 0 aliphatic carbocycles. The summed E-state index contributed by atoms with van der Waals surface area (Å²) in [5.41, 5.74) is 1.06. The number of aromatic nitrogens is 3. The van der Waals surface area contributed by atoms with E-state index in [1.54, 1.807) is 11.8 Å². The van der Waals surface area contributed by atoms with Gasteiger partial charge >= 0.3 is 6.03 Å². The van der Waals surface area contributed by atoms with Crippen LogP contribution in [0.25, 0.3) is 0 Å². The largest absolute Gasteiger partial charge is 0.457 e. The van der Waals surface area contributed by atoms with Gasteiger partial charge in [0, 0.05) is 6.54 Å². The Morgan fingerprint density at radius 2 is 1.81 bits per heavy atom. The van der Waals surface area contributed by atoms with E-state index in [0.29, 0.717) is 24.3 Å². The van der Waals surface area contributed by atoms with Gasteiger partial charge in [-0.05, 0) is 50.1 Å². The molecule has 1 aromatic heterocycles. The highest BCUT2D eigenvalue weighted by atomic mass is 16.5. The van der Waals surface area contributed by atoms with E-state index < -0.39 is 0 Å². The maximum absolute atomic E-state index is 12.3. The molecule has 0 spiro atoms. The monoisotopic (exact) mass is 418 g/mol. The van der Waals surface area contributed by atoms with Crippen LogP contribution in [0, 0.1) is 6.92 Å². The number of benzene rings is 2. The fourth-order valence-corrected chi connectivity index (χ4v) is 3.49. The fourth-order valence-electron chi connectivity index (χ4n) is 3.49. The molecule has 4 rings (SSSR count). The minimum Gasteiger partial charge on any atom is -0.457 e. The highest BCUT2D eigenvalue weighted by molar-refractivity contribution is 5.93. The average Bonchev–Trinajstić information content (AvgIpc) is 3.15. The molecule has 2 heterocycles. The number of nitrogens with zero attached hydrogens (tertiary/aromatic N) is 4. The van der Waals surface area contributed by atoms with Gasteiger partial charge in [-0.15, -0.1) is 0 Å². The zero-order valence-corrected chi connectivity index (χ0v) is 17.9. The number of rotatable bonds is 7. The Labute approximate surface area is 181 Å². The lowest BCUT2D eigenvalue weighted by Gasteiger charge is -2.21. The number of hydrogen-bond acceptors (Lipinski definition) is 6. The van der Waals surface area contributed by atoms with Crippen molar-refractivity contribution in [2.24, 2.45) is 0 Å². The van der Waals surface area contributed by atoms with E-state index in [1.165, 1.54) is 0 Å². The van der Waals surface area contributed by atoms with Gasteiger partial charge in [0.15, 0.2) is 0 Å². The summed E-state index contributed by atoms with van der Waals surface area (Å²) >= 11 is 0. The van der Waals surface area contributed by atoms with Crippen molar-refractivity contribution in [3.05, 3.63) is 66.0 Å². The van der Waals surface area contributed by atoms with E-state index in [1.807, 2.05) is 68.4 Å². The summed E-state index contributed by atoms with van der Waals surface area (Å²) in [5.74, 6) is 2.93. The topological polar surface area (TPSA) is 92.3 Å². The first-order valence-corrected chi connectivity index (χ1v) is 10.4. The molecule has 1 saturated heterocycles. The first-order chi connectivity index (χ1) is 15.0. The molecule has 0 unspecified atom stereocenters. The van der Waals surface area contributed by atoms with E-state index in [2.05, 4.69) is 25.6 Å². The van der Waals surface area contributed by atoms with Gasteiger partial charge in [-0.2, -0.15) is 15.0 Å². The van der Waals surface area contributed by atoms with Crippen LogP contribution in [-0.4, -0.2) is 33.6 Å². The highest BCUT2D eigenvalue weighted by Gasteiger charge is 2.33. The molecular formula is C23H26N6O2. The number of para-hydroxylation sites is 1. The molecule has 1 fully saturated rings. The van der Waals surface area contributed by atoms with Crippen molar-refractivity contribution in [2.45, 2.75) is 39.3 Å². The summed E-state index contributed by atoms with van der Waals surface area (Å²) in [6, 6.07) is 17.4. The van der Waals surface area contributed by atoms with Crippen LogP contribution >= 0.6 is 0 Å². The van der Waals surface area contributed by atoms with Crippen molar-refractivity contribution in [2.75, 3.05) is 16.8 Å². The Morgan fingerprint density at radius 3 is 2.52 bits per heavy atom. The Hall–Kier alpha value is -3.68. The van der Waals surface area contributed by atoms with Gasteiger partial charge < -0.3 is 15.4 Å². The lowest BCUT2D eigenvalue weighted by molar-refractivity contribution is 0.251. The van der Waals surface area contributed by atoms with Gasteiger partial charge in [-0.3, -0.25) is 4.90 Å². The molecule has 1 aliphatic rings. The van der Waals surface area contributed by atoms with Crippen LogP contribution in [0.4, 0.5) is 16.7 Å². The summed E-state index contributed by atoms with van der Waals surface area (Å²) in [4.78, 5) is 27.2. The predicted molar refractivity (Wildman–Crippen MR) is 120 cm³/mol. The molecule has 2 N–H and O–H groups in total. The Bertz CT molecular complexity index is 1040. The summed E-state index contributed by atoms with van der Waals surface area (Å²) in [6.45, 7) is 6.46. The molecule has 2 aromatic carbocycles.